The number of ether oxygens (including phenoxy) is 1. The zero-order valence-corrected chi connectivity index (χ0v) is 10.6. The van der Waals surface area contributed by atoms with Crippen LogP contribution in [0.3, 0.4) is 0 Å². The van der Waals surface area contributed by atoms with Crippen LogP contribution < -0.4 is 0 Å². The molecule has 0 aliphatic rings. The highest BCUT2D eigenvalue weighted by molar-refractivity contribution is 9.25. The molecule has 0 heterocycles. The van der Waals surface area contributed by atoms with Gasteiger partial charge in [-0.15, -0.1) is 0 Å². The zero-order chi connectivity index (χ0) is 9.02. The minimum Gasteiger partial charge on any atom is -0.445 e. The minimum absolute atomic E-state index is 0.0988. The third kappa shape index (κ3) is 4.98. The fraction of sp³-hybridized carbons (Fsp3) is 0.500. The van der Waals surface area contributed by atoms with Crippen LogP contribution in [0.4, 0.5) is 0 Å². The van der Waals surface area contributed by atoms with E-state index in [-0.39, 0.29) is 8.75 Å². The molecular weight excluding hydrogens is 344 g/mol. The Balaban J connectivity index is 3.85. The first-order valence-corrected chi connectivity index (χ1v) is 5.48. The smallest absolute Gasteiger partial charge is 0.334 e. The lowest BCUT2D eigenvalue weighted by Gasteiger charge is -2.11. The summed E-state index contributed by atoms with van der Waals surface area (Å²) in [5.74, 6) is -0.407. The minimum atomic E-state index is -0.407. The Morgan fingerprint density at radius 3 is 2.18 bits per heavy atom. The third-order valence-corrected chi connectivity index (χ3v) is 3.86. The Morgan fingerprint density at radius 2 is 1.91 bits per heavy atom. The molecule has 5 heteroatoms. The van der Waals surface area contributed by atoms with Crippen molar-refractivity contribution in [1.82, 2.24) is 0 Å². The van der Waals surface area contributed by atoms with Gasteiger partial charge in [-0.05, 0) is 22.9 Å². The van der Waals surface area contributed by atoms with Crippen LogP contribution in [0.25, 0.3) is 0 Å². The number of hydrogen-bond acceptors (Lipinski definition) is 2. The molecule has 0 bridgehead atoms. The highest BCUT2D eigenvalue weighted by atomic mass is 79.9. The molecule has 1 unspecified atom stereocenters. The average Bonchev–Trinajstić information content (AvgIpc) is 1.87. The molecular formula is C6H7Br3O2. The van der Waals surface area contributed by atoms with E-state index in [1.807, 2.05) is 0 Å². The van der Waals surface area contributed by atoms with Gasteiger partial charge >= 0.3 is 5.97 Å². The molecule has 0 saturated heterocycles. The summed E-state index contributed by atoms with van der Waals surface area (Å²) in [6.07, 6.45) is 0. The topological polar surface area (TPSA) is 26.3 Å². The van der Waals surface area contributed by atoms with Crippen LogP contribution in [0.15, 0.2) is 12.2 Å². The van der Waals surface area contributed by atoms with Gasteiger partial charge in [0.1, 0.15) is 3.74 Å². The van der Waals surface area contributed by atoms with E-state index in [9.17, 15) is 4.79 Å². The summed E-state index contributed by atoms with van der Waals surface area (Å²) in [6.45, 7) is 5.04. The van der Waals surface area contributed by atoms with E-state index in [0.29, 0.717) is 5.57 Å². The van der Waals surface area contributed by atoms with Gasteiger partial charge in [-0.25, -0.2) is 4.79 Å². The summed E-state index contributed by atoms with van der Waals surface area (Å²) in [5, 5.41) is -0.383. The van der Waals surface area contributed by atoms with Crippen LogP contribution in [-0.4, -0.2) is 14.7 Å². The summed E-state index contributed by atoms with van der Waals surface area (Å²) in [4.78, 5) is 10.9. The van der Waals surface area contributed by atoms with Gasteiger partial charge in [0.05, 0.1) is 0 Å². The largest absolute Gasteiger partial charge is 0.445 e. The number of alkyl halides is 3. The second kappa shape index (κ2) is 5.32. The molecule has 0 aromatic carbocycles. The number of esters is 1. The zero-order valence-electron chi connectivity index (χ0n) is 5.81. The van der Waals surface area contributed by atoms with Crippen LogP contribution in [-0.2, 0) is 9.53 Å². The highest BCUT2D eigenvalue weighted by Gasteiger charge is 2.16. The Labute approximate surface area is 90.8 Å². The van der Waals surface area contributed by atoms with Crippen LogP contribution in [0.5, 0.6) is 0 Å². The van der Waals surface area contributed by atoms with Gasteiger partial charge in [0, 0.05) is 5.57 Å². The third-order valence-electron chi connectivity index (χ3n) is 0.766. The first kappa shape index (κ1) is 11.6. The second-order valence-corrected chi connectivity index (χ2v) is 5.98. The van der Waals surface area contributed by atoms with E-state index >= 15 is 0 Å². The quantitative estimate of drug-likeness (QED) is 0.444. The lowest BCUT2D eigenvalue weighted by Crippen LogP contribution is -2.17. The monoisotopic (exact) mass is 348 g/mol. The van der Waals surface area contributed by atoms with Crippen LogP contribution in [0.1, 0.15) is 6.92 Å². The van der Waals surface area contributed by atoms with Crippen LogP contribution in [0, 0.1) is 0 Å². The second-order valence-electron chi connectivity index (χ2n) is 1.87. The molecule has 11 heavy (non-hydrogen) atoms. The van der Waals surface area contributed by atoms with Crippen molar-refractivity contribution >= 4 is 53.8 Å². The fourth-order valence-electron chi connectivity index (χ4n) is 0.254. The molecule has 0 amide bonds. The predicted octanol–water partition coefficient (Wildman–Crippen LogP) is 2.94. The Morgan fingerprint density at radius 1 is 1.45 bits per heavy atom. The molecule has 0 aliphatic heterocycles. The van der Waals surface area contributed by atoms with Gasteiger partial charge in [0.15, 0.2) is 5.01 Å². The van der Waals surface area contributed by atoms with E-state index in [0.717, 1.165) is 0 Å². The Hall–Kier alpha value is 0.650. The number of carbonyl (C=O) groups excluding carboxylic acids is 1. The van der Waals surface area contributed by atoms with Gasteiger partial charge in [0.2, 0.25) is 0 Å². The maximum Gasteiger partial charge on any atom is 0.334 e. The summed E-state index contributed by atoms with van der Waals surface area (Å²) >= 11 is 9.49. The average molecular weight is 351 g/mol. The van der Waals surface area contributed by atoms with Crippen LogP contribution >= 0.6 is 47.8 Å². The van der Waals surface area contributed by atoms with Crippen molar-refractivity contribution in [3.05, 3.63) is 12.2 Å². The van der Waals surface area contributed by atoms with E-state index in [4.69, 9.17) is 4.74 Å². The molecule has 0 spiro atoms. The van der Waals surface area contributed by atoms with Crippen molar-refractivity contribution in [3.63, 3.8) is 0 Å². The van der Waals surface area contributed by atoms with Crippen LogP contribution in [0.2, 0.25) is 0 Å². The Bertz CT molecular complexity index is 167. The van der Waals surface area contributed by atoms with Gasteiger partial charge in [-0.2, -0.15) is 0 Å². The van der Waals surface area contributed by atoms with E-state index in [1.165, 1.54) is 0 Å². The van der Waals surface area contributed by atoms with Crippen molar-refractivity contribution in [2.75, 3.05) is 0 Å². The van der Waals surface area contributed by atoms with Crippen molar-refractivity contribution in [1.29, 1.82) is 0 Å². The molecule has 0 rings (SSSR count). The lowest BCUT2D eigenvalue weighted by atomic mass is 10.4. The first-order valence-electron chi connectivity index (χ1n) is 2.74. The summed E-state index contributed by atoms with van der Waals surface area (Å²) in [6, 6.07) is 0. The molecule has 1 atom stereocenters. The molecule has 0 saturated carbocycles. The van der Waals surface area contributed by atoms with E-state index in [1.54, 1.807) is 6.92 Å². The molecule has 0 aromatic rings. The molecule has 0 aliphatic carbocycles. The summed E-state index contributed by atoms with van der Waals surface area (Å²) in [5.41, 5.74) is 0.384. The van der Waals surface area contributed by atoms with E-state index in [2.05, 4.69) is 54.4 Å². The fourth-order valence-corrected chi connectivity index (χ4v) is 0.640. The first-order chi connectivity index (χ1) is 4.95. The maximum atomic E-state index is 10.9. The number of hydrogen-bond donors (Lipinski definition) is 0. The maximum absolute atomic E-state index is 10.9. The molecule has 2 nitrogen and oxygen atoms in total. The SMILES string of the molecule is C=C(C)C(=O)OC(Br)C(Br)Br. The lowest BCUT2D eigenvalue weighted by molar-refractivity contribution is -0.139. The molecule has 0 radical (unpaired) electrons. The van der Waals surface area contributed by atoms with Gasteiger partial charge < -0.3 is 4.74 Å². The van der Waals surface area contributed by atoms with Crippen molar-refractivity contribution in [3.8, 4) is 0 Å². The standard InChI is InChI=1S/C6H7Br3O2/c1-3(2)6(10)11-5(9)4(7)8/h4-5H,1H2,2H3. The number of carbonyl (C=O) groups is 1. The predicted molar refractivity (Wildman–Crippen MR) is 55.3 cm³/mol. The number of halogens is 3. The molecule has 0 N–H and O–H groups in total. The molecule has 0 fully saturated rings. The van der Waals surface area contributed by atoms with Crippen molar-refractivity contribution < 1.29 is 9.53 Å². The van der Waals surface area contributed by atoms with Gasteiger partial charge in [-0.3, -0.25) is 0 Å². The summed E-state index contributed by atoms with van der Waals surface area (Å²) < 4.78 is 4.76. The Kier molecular flexibility index (Phi) is 5.64. The van der Waals surface area contributed by atoms with Crippen molar-refractivity contribution in [2.24, 2.45) is 0 Å². The van der Waals surface area contributed by atoms with Crippen molar-refractivity contribution in [2.45, 2.75) is 15.7 Å². The van der Waals surface area contributed by atoms with Gasteiger partial charge in [0.25, 0.3) is 0 Å². The normalized spacial score (nSPS) is 12.8. The van der Waals surface area contributed by atoms with E-state index < -0.39 is 5.97 Å². The molecule has 64 valence electrons. The summed E-state index contributed by atoms with van der Waals surface area (Å²) in [7, 11) is 0. The highest BCUT2D eigenvalue weighted by Crippen LogP contribution is 2.21. The number of rotatable bonds is 3. The molecule has 0 aromatic heterocycles. The van der Waals surface area contributed by atoms with Gasteiger partial charge in [-0.1, -0.05) is 38.4 Å².